The summed E-state index contributed by atoms with van der Waals surface area (Å²) in [5.74, 6) is 0.839. The van der Waals surface area contributed by atoms with Crippen molar-refractivity contribution in [2.75, 3.05) is 45.6 Å². The van der Waals surface area contributed by atoms with Crippen LogP contribution in [0.15, 0.2) is 23.2 Å². The van der Waals surface area contributed by atoms with Crippen LogP contribution in [0.2, 0.25) is 0 Å². The molecule has 2 atom stereocenters. The third-order valence-corrected chi connectivity index (χ3v) is 7.01. The summed E-state index contributed by atoms with van der Waals surface area (Å²) in [4.78, 5) is 7.05. The molecule has 29 heavy (non-hydrogen) atoms. The standard InChI is InChI=1S/C21H34N4O3S/c1-5-22-21(23-14-18-7-6-10-25(18)29(4,26)27)24-11-12-28-20(15-24)19-9-8-16(2)13-17(19)3/h8-9,13,18,20H,5-7,10-12,14-15H2,1-4H3,(H,22,23)/t18-,20?/m1/s1. The van der Waals surface area contributed by atoms with Crippen LogP contribution >= 0.6 is 0 Å². The van der Waals surface area contributed by atoms with Gasteiger partial charge in [0.25, 0.3) is 0 Å². The first kappa shape index (κ1) is 22.1. The summed E-state index contributed by atoms with van der Waals surface area (Å²) in [5.41, 5.74) is 3.71. The Morgan fingerprint density at radius 2 is 2.10 bits per heavy atom. The van der Waals surface area contributed by atoms with Crippen molar-refractivity contribution in [1.82, 2.24) is 14.5 Å². The average molecular weight is 423 g/mol. The average Bonchev–Trinajstić information content (AvgIpc) is 3.14. The number of sulfonamides is 1. The minimum Gasteiger partial charge on any atom is -0.370 e. The third kappa shape index (κ3) is 5.49. The lowest BCUT2D eigenvalue weighted by atomic mass is 10.00. The molecule has 0 amide bonds. The summed E-state index contributed by atoms with van der Waals surface area (Å²) in [6, 6.07) is 6.43. The number of ether oxygens (including phenoxy) is 1. The van der Waals surface area contributed by atoms with Crippen LogP contribution in [-0.4, -0.2) is 75.2 Å². The number of rotatable bonds is 5. The van der Waals surface area contributed by atoms with Gasteiger partial charge in [-0.3, -0.25) is 4.99 Å². The van der Waals surface area contributed by atoms with E-state index in [0.29, 0.717) is 19.7 Å². The van der Waals surface area contributed by atoms with Gasteiger partial charge in [-0.25, -0.2) is 8.42 Å². The summed E-state index contributed by atoms with van der Waals surface area (Å²) < 4.78 is 31.7. The first-order chi connectivity index (χ1) is 13.8. The van der Waals surface area contributed by atoms with E-state index in [1.165, 1.54) is 22.9 Å². The number of nitrogens with zero attached hydrogens (tertiary/aromatic N) is 3. The molecule has 0 spiro atoms. The molecule has 2 aliphatic heterocycles. The molecule has 2 saturated heterocycles. The maximum Gasteiger partial charge on any atom is 0.211 e. The number of benzene rings is 1. The topological polar surface area (TPSA) is 74.2 Å². The fraction of sp³-hybridized carbons (Fsp3) is 0.667. The highest BCUT2D eigenvalue weighted by molar-refractivity contribution is 7.88. The van der Waals surface area contributed by atoms with Crippen molar-refractivity contribution in [2.45, 2.75) is 45.8 Å². The zero-order valence-electron chi connectivity index (χ0n) is 18.0. The first-order valence-corrected chi connectivity index (χ1v) is 12.3. The predicted molar refractivity (Wildman–Crippen MR) is 117 cm³/mol. The maximum absolute atomic E-state index is 12.0. The van der Waals surface area contributed by atoms with Crippen LogP contribution in [-0.2, 0) is 14.8 Å². The first-order valence-electron chi connectivity index (χ1n) is 10.5. The number of hydrogen-bond acceptors (Lipinski definition) is 4. The molecular weight excluding hydrogens is 388 g/mol. The van der Waals surface area contributed by atoms with E-state index in [4.69, 9.17) is 9.73 Å². The zero-order valence-corrected chi connectivity index (χ0v) is 18.8. The molecule has 7 nitrogen and oxygen atoms in total. The van der Waals surface area contributed by atoms with Gasteiger partial charge in [0.2, 0.25) is 10.0 Å². The molecule has 2 fully saturated rings. The predicted octanol–water partition coefficient (Wildman–Crippen LogP) is 2.07. The number of nitrogens with one attached hydrogen (secondary N) is 1. The summed E-state index contributed by atoms with van der Waals surface area (Å²) in [6.07, 6.45) is 3.06. The Morgan fingerprint density at radius 3 is 2.79 bits per heavy atom. The fourth-order valence-electron chi connectivity index (χ4n) is 4.26. The summed E-state index contributed by atoms with van der Waals surface area (Å²) in [7, 11) is -3.18. The van der Waals surface area contributed by atoms with E-state index >= 15 is 0 Å². The van der Waals surface area contributed by atoms with Gasteiger partial charge in [0.15, 0.2) is 5.96 Å². The smallest absolute Gasteiger partial charge is 0.211 e. The largest absolute Gasteiger partial charge is 0.370 e. The van der Waals surface area contributed by atoms with Crippen LogP contribution in [0.5, 0.6) is 0 Å². The van der Waals surface area contributed by atoms with Crippen LogP contribution in [0.25, 0.3) is 0 Å². The molecule has 8 heteroatoms. The van der Waals surface area contributed by atoms with E-state index < -0.39 is 10.0 Å². The van der Waals surface area contributed by atoms with E-state index in [1.54, 1.807) is 4.31 Å². The monoisotopic (exact) mass is 422 g/mol. The molecular formula is C21H34N4O3S. The van der Waals surface area contributed by atoms with E-state index in [0.717, 1.165) is 38.4 Å². The van der Waals surface area contributed by atoms with Crippen LogP contribution in [0, 0.1) is 13.8 Å². The molecule has 0 saturated carbocycles. The van der Waals surface area contributed by atoms with Crippen molar-refractivity contribution in [2.24, 2.45) is 4.99 Å². The Labute approximate surface area is 175 Å². The fourth-order valence-corrected chi connectivity index (χ4v) is 5.44. The van der Waals surface area contributed by atoms with E-state index in [1.807, 2.05) is 0 Å². The molecule has 162 valence electrons. The lowest BCUT2D eigenvalue weighted by Crippen LogP contribution is -2.48. The zero-order chi connectivity index (χ0) is 21.0. The number of guanidine groups is 1. The van der Waals surface area contributed by atoms with Gasteiger partial charge >= 0.3 is 0 Å². The SMILES string of the molecule is CCNC(=NC[C@H]1CCCN1S(C)(=O)=O)N1CCOC(c2ccc(C)cc2C)C1. The second-order valence-electron chi connectivity index (χ2n) is 8.03. The normalized spacial score (nSPS) is 24.1. The van der Waals surface area contributed by atoms with Gasteiger partial charge in [-0.1, -0.05) is 23.8 Å². The third-order valence-electron chi connectivity index (χ3n) is 5.67. The number of aryl methyl sites for hydroxylation is 2. The second kappa shape index (κ2) is 9.45. The van der Waals surface area contributed by atoms with Crippen LogP contribution < -0.4 is 5.32 Å². The summed E-state index contributed by atoms with van der Waals surface area (Å²) in [6.45, 7) is 10.3. The van der Waals surface area contributed by atoms with Gasteiger partial charge < -0.3 is 15.0 Å². The van der Waals surface area contributed by atoms with Crippen molar-refractivity contribution in [3.8, 4) is 0 Å². The Hall–Kier alpha value is -1.64. The molecule has 0 radical (unpaired) electrons. The molecule has 1 aromatic rings. The maximum atomic E-state index is 12.0. The van der Waals surface area contributed by atoms with Crippen LogP contribution in [0.3, 0.4) is 0 Å². The highest BCUT2D eigenvalue weighted by Gasteiger charge is 2.32. The van der Waals surface area contributed by atoms with E-state index in [2.05, 4.69) is 49.2 Å². The quantitative estimate of drug-likeness (QED) is 0.581. The minimum absolute atomic E-state index is 0.00667. The highest BCUT2D eigenvalue weighted by Crippen LogP contribution is 2.26. The molecule has 3 rings (SSSR count). The van der Waals surface area contributed by atoms with Crippen molar-refractivity contribution in [3.63, 3.8) is 0 Å². The molecule has 0 aromatic heterocycles. The van der Waals surface area contributed by atoms with Crippen molar-refractivity contribution in [3.05, 3.63) is 34.9 Å². The Kier molecular flexibility index (Phi) is 7.19. The lowest BCUT2D eigenvalue weighted by Gasteiger charge is -2.36. The molecule has 1 N–H and O–H groups in total. The highest BCUT2D eigenvalue weighted by atomic mass is 32.2. The lowest BCUT2D eigenvalue weighted by molar-refractivity contribution is -0.00835. The van der Waals surface area contributed by atoms with Crippen molar-refractivity contribution in [1.29, 1.82) is 0 Å². The number of aliphatic imine (C=N–C) groups is 1. The molecule has 2 aliphatic rings. The van der Waals surface area contributed by atoms with Gasteiger partial charge in [0, 0.05) is 25.7 Å². The summed E-state index contributed by atoms with van der Waals surface area (Å²) >= 11 is 0. The van der Waals surface area contributed by atoms with Gasteiger partial charge in [-0.15, -0.1) is 0 Å². The molecule has 0 aliphatic carbocycles. The Bertz CT molecular complexity index is 840. The molecule has 1 unspecified atom stereocenters. The van der Waals surface area contributed by atoms with Gasteiger partial charge in [-0.2, -0.15) is 4.31 Å². The van der Waals surface area contributed by atoms with Crippen molar-refractivity contribution >= 4 is 16.0 Å². The van der Waals surface area contributed by atoms with Gasteiger partial charge in [0.1, 0.15) is 6.10 Å². The van der Waals surface area contributed by atoms with Crippen LogP contribution in [0.4, 0.5) is 0 Å². The molecule has 0 bridgehead atoms. The second-order valence-corrected chi connectivity index (χ2v) is 9.96. The van der Waals surface area contributed by atoms with Crippen molar-refractivity contribution < 1.29 is 13.2 Å². The summed E-state index contributed by atoms with van der Waals surface area (Å²) in [5, 5.41) is 3.38. The van der Waals surface area contributed by atoms with Crippen LogP contribution in [0.1, 0.15) is 42.6 Å². The molecule has 1 aromatic carbocycles. The van der Waals surface area contributed by atoms with E-state index in [-0.39, 0.29) is 12.1 Å². The Morgan fingerprint density at radius 1 is 1.31 bits per heavy atom. The van der Waals surface area contributed by atoms with E-state index in [9.17, 15) is 8.42 Å². The Balaban J connectivity index is 1.73. The number of hydrogen-bond donors (Lipinski definition) is 1. The van der Waals surface area contributed by atoms with Gasteiger partial charge in [0.05, 0.1) is 26.0 Å². The van der Waals surface area contributed by atoms with Gasteiger partial charge in [-0.05, 0) is 44.7 Å². The minimum atomic E-state index is -3.18. The molecule has 2 heterocycles. The number of morpholine rings is 1.